The molecule has 0 saturated heterocycles. The van der Waals surface area contributed by atoms with Crippen LogP contribution in [-0.4, -0.2) is 18.7 Å². The van der Waals surface area contributed by atoms with Gasteiger partial charge in [0.2, 0.25) is 0 Å². The van der Waals surface area contributed by atoms with Crippen molar-refractivity contribution in [3.05, 3.63) is 119 Å². The van der Waals surface area contributed by atoms with E-state index in [1.54, 1.807) is 6.21 Å². The minimum Gasteiger partial charge on any atom is -0.494 e. The minimum atomic E-state index is -0.219. The van der Waals surface area contributed by atoms with Gasteiger partial charge in [-0.25, -0.2) is 5.43 Å². The third kappa shape index (κ3) is 4.52. The van der Waals surface area contributed by atoms with E-state index in [1.165, 1.54) is 5.56 Å². The molecule has 5 aromatic rings. The number of fused-ring (bicyclic) bond motifs is 3. The first-order chi connectivity index (χ1) is 18.2. The van der Waals surface area contributed by atoms with Gasteiger partial charge in [-0.3, -0.25) is 4.79 Å². The van der Waals surface area contributed by atoms with Crippen molar-refractivity contribution >= 4 is 39.4 Å². The van der Waals surface area contributed by atoms with Gasteiger partial charge in [0.05, 0.1) is 12.8 Å². The largest absolute Gasteiger partial charge is 0.494 e. The molecule has 182 valence electrons. The zero-order valence-corrected chi connectivity index (χ0v) is 20.6. The summed E-state index contributed by atoms with van der Waals surface area (Å²) < 4.78 is 5.56. The number of hydrogen-bond donors (Lipinski definition) is 1. The highest BCUT2D eigenvalue weighted by molar-refractivity contribution is 6.13. The van der Waals surface area contributed by atoms with Crippen LogP contribution in [0.4, 0.5) is 5.69 Å². The molecule has 1 N–H and O–H groups in total. The van der Waals surface area contributed by atoms with Crippen LogP contribution in [0, 0.1) is 0 Å². The van der Waals surface area contributed by atoms with E-state index >= 15 is 0 Å². The molecular weight excluding hydrogens is 458 g/mol. The summed E-state index contributed by atoms with van der Waals surface area (Å²) in [7, 11) is 0. The molecule has 1 aliphatic heterocycles. The van der Waals surface area contributed by atoms with Crippen LogP contribution in [0.1, 0.15) is 34.0 Å². The number of nitrogens with zero attached hydrogens (tertiary/aromatic N) is 2. The smallest absolute Gasteiger partial charge is 0.271 e. The minimum absolute atomic E-state index is 0.219. The molecule has 0 aliphatic carbocycles. The summed E-state index contributed by atoms with van der Waals surface area (Å²) in [6, 6.07) is 32.7. The van der Waals surface area contributed by atoms with Gasteiger partial charge in [-0.2, -0.15) is 5.10 Å². The molecule has 5 nitrogen and oxygen atoms in total. The number of nitrogens with one attached hydrogen (secondary N) is 1. The van der Waals surface area contributed by atoms with Crippen LogP contribution in [0.5, 0.6) is 5.75 Å². The molecule has 0 radical (unpaired) electrons. The summed E-state index contributed by atoms with van der Waals surface area (Å²) in [5.41, 5.74) is 7.86. The topological polar surface area (TPSA) is 53.9 Å². The Kier molecular flexibility index (Phi) is 6.03. The lowest BCUT2D eigenvalue weighted by Crippen LogP contribution is -2.18. The summed E-state index contributed by atoms with van der Waals surface area (Å²) in [6.07, 6.45) is 1.75. The molecule has 0 fully saturated rings. The highest BCUT2D eigenvalue weighted by Crippen LogP contribution is 2.30. The number of benzene rings is 5. The van der Waals surface area contributed by atoms with E-state index < -0.39 is 0 Å². The van der Waals surface area contributed by atoms with E-state index in [4.69, 9.17) is 4.74 Å². The molecule has 0 aromatic heterocycles. The summed E-state index contributed by atoms with van der Waals surface area (Å²) in [5.74, 6) is 0.655. The molecule has 0 unspecified atom stereocenters. The molecule has 0 atom stereocenters. The first-order valence-electron chi connectivity index (χ1n) is 12.5. The van der Waals surface area contributed by atoms with Gasteiger partial charge in [-0.15, -0.1) is 0 Å². The summed E-state index contributed by atoms with van der Waals surface area (Å²) in [4.78, 5) is 15.3. The van der Waals surface area contributed by atoms with Crippen molar-refractivity contribution in [1.29, 1.82) is 0 Å². The highest BCUT2D eigenvalue weighted by Gasteiger charge is 2.21. The van der Waals surface area contributed by atoms with Gasteiger partial charge in [0, 0.05) is 29.9 Å². The molecule has 0 bridgehead atoms. The summed E-state index contributed by atoms with van der Waals surface area (Å²) in [6.45, 7) is 4.21. The second-order valence-electron chi connectivity index (χ2n) is 9.20. The zero-order valence-electron chi connectivity index (χ0n) is 20.6. The lowest BCUT2D eigenvalue weighted by Gasteiger charge is -2.18. The second-order valence-corrected chi connectivity index (χ2v) is 9.20. The average molecular weight is 486 g/mol. The normalized spacial score (nSPS) is 12.8. The second kappa shape index (κ2) is 9.78. The number of hydrazone groups is 1. The van der Waals surface area contributed by atoms with Crippen molar-refractivity contribution in [2.75, 3.05) is 11.5 Å². The molecule has 0 spiro atoms. The Balaban J connectivity index is 1.19. The number of ether oxygens (including phenoxy) is 1. The Labute approximate surface area is 216 Å². The predicted molar refractivity (Wildman–Crippen MR) is 150 cm³/mol. The van der Waals surface area contributed by atoms with Crippen LogP contribution in [-0.2, 0) is 13.1 Å². The molecule has 0 saturated carbocycles. The molecule has 5 aromatic carbocycles. The maximum Gasteiger partial charge on any atom is 0.271 e. The number of carbonyl (C=O) groups excluding carboxylic acids is 1. The van der Waals surface area contributed by atoms with Crippen molar-refractivity contribution in [3.8, 4) is 5.75 Å². The van der Waals surface area contributed by atoms with Crippen molar-refractivity contribution in [2.24, 2.45) is 5.10 Å². The Morgan fingerprint density at radius 2 is 1.54 bits per heavy atom. The average Bonchev–Trinajstić information content (AvgIpc) is 3.37. The molecule has 1 amide bonds. The molecular formula is C32H27N3O2. The maximum absolute atomic E-state index is 13.0. The van der Waals surface area contributed by atoms with E-state index in [0.717, 1.165) is 57.2 Å². The summed E-state index contributed by atoms with van der Waals surface area (Å²) in [5, 5.41) is 8.84. The van der Waals surface area contributed by atoms with Crippen molar-refractivity contribution < 1.29 is 9.53 Å². The van der Waals surface area contributed by atoms with E-state index in [9.17, 15) is 4.79 Å². The molecule has 1 heterocycles. The fraction of sp³-hybridized carbons (Fsp3) is 0.125. The van der Waals surface area contributed by atoms with Crippen molar-refractivity contribution in [1.82, 2.24) is 5.43 Å². The van der Waals surface area contributed by atoms with Gasteiger partial charge in [-0.1, -0.05) is 54.6 Å². The number of hydrogen-bond acceptors (Lipinski definition) is 4. The Hall–Kier alpha value is -4.64. The van der Waals surface area contributed by atoms with Gasteiger partial charge >= 0.3 is 0 Å². The highest BCUT2D eigenvalue weighted by atomic mass is 16.5. The van der Waals surface area contributed by atoms with Gasteiger partial charge in [0.15, 0.2) is 0 Å². The SMILES string of the molecule is CCOc1ccc(N2Cc3ccc(C(=O)N/N=C\c4c5ccccc5cc5ccccc45)cc3C2)cc1. The maximum atomic E-state index is 13.0. The van der Waals surface area contributed by atoms with Crippen LogP contribution in [0.3, 0.4) is 0 Å². The summed E-state index contributed by atoms with van der Waals surface area (Å²) >= 11 is 0. The number of amides is 1. The van der Waals surface area contributed by atoms with Crippen LogP contribution in [0.2, 0.25) is 0 Å². The van der Waals surface area contributed by atoms with Crippen molar-refractivity contribution in [2.45, 2.75) is 20.0 Å². The molecule has 5 heteroatoms. The molecule has 1 aliphatic rings. The van der Waals surface area contributed by atoms with Gasteiger partial charge in [0.1, 0.15) is 5.75 Å². The van der Waals surface area contributed by atoms with E-state index in [1.807, 2.05) is 61.5 Å². The predicted octanol–water partition coefficient (Wildman–Crippen LogP) is 6.68. The van der Waals surface area contributed by atoms with Crippen LogP contribution in [0.15, 0.2) is 102 Å². The lowest BCUT2D eigenvalue weighted by molar-refractivity contribution is 0.0955. The van der Waals surface area contributed by atoms with Crippen LogP contribution >= 0.6 is 0 Å². The van der Waals surface area contributed by atoms with Gasteiger partial charge < -0.3 is 9.64 Å². The zero-order chi connectivity index (χ0) is 25.2. The molecule has 6 rings (SSSR count). The van der Waals surface area contributed by atoms with E-state index in [-0.39, 0.29) is 5.91 Å². The first kappa shape index (κ1) is 22.8. The lowest BCUT2D eigenvalue weighted by atomic mass is 9.97. The monoisotopic (exact) mass is 485 g/mol. The van der Waals surface area contributed by atoms with Gasteiger partial charge in [0.25, 0.3) is 5.91 Å². The quantitative estimate of drug-likeness (QED) is 0.166. The van der Waals surface area contributed by atoms with Crippen LogP contribution < -0.4 is 15.1 Å². The molecule has 37 heavy (non-hydrogen) atoms. The van der Waals surface area contributed by atoms with E-state index in [0.29, 0.717) is 12.2 Å². The van der Waals surface area contributed by atoms with Crippen LogP contribution in [0.25, 0.3) is 21.5 Å². The third-order valence-corrected chi connectivity index (χ3v) is 6.88. The Bertz CT molecular complexity index is 1590. The Morgan fingerprint density at radius 1 is 0.865 bits per heavy atom. The first-order valence-corrected chi connectivity index (χ1v) is 12.5. The standard InChI is InChI=1S/C32H27N3O2/c1-2-37-28-15-13-27(14-16-28)35-20-25-12-11-24(18-26(25)21-35)32(36)34-33-19-31-29-9-5-3-7-22(29)17-23-8-4-6-10-30(23)31/h3-19H,2,20-21H2,1H3,(H,34,36)/b33-19-. The number of rotatable bonds is 6. The number of anilines is 1. The van der Waals surface area contributed by atoms with Crippen molar-refractivity contribution in [3.63, 3.8) is 0 Å². The number of carbonyl (C=O) groups is 1. The fourth-order valence-corrected chi connectivity index (χ4v) is 5.05. The van der Waals surface area contributed by atoms with Gasteiger partial charge in [-0.05, 0) is 82.1 Å². The van der Waals surface area contributed by atoms with E-state index in [2.05, 4.69) is 57.9 Å². The Morgan fingerprint density at radius 3 is 2.24 bits per heavy atom. The fourth-order valence-electron chi connectivity index (χ4n) is 5.05. The third-order valence-electron chi connectivity index (χ3n) is 6.88.